The molecule has 0 bridgehead atoms. The van der Waals surface area contributed by atoms with E-state index in [0.29, 0.717) is 5.39 Å². The summed E-state index contributed by atoms with van der Waals surface area (Å²) in [5.41, 5.74) is 3.35. The van der Waals surface area contributed by atoms with Gasteiger partial charge in [-0.05, 0) is 39.8 Å². The van der Waals surface area contributed by atoms with Gasteiger partial charge in [0, 0.05) is 18.4 Å². The van der Waals surface area contributed by atoms with Crippen LogP contribution in [0, 0.1) is 11.6 Å². The van der Waals surface area contributed by atoms with Crippen LogP contribution in [0.15, 0.2) is 42.5 Å². The first-order valence-corrected chi connectivity index (χ1v) is 8.05. The van der Waals surface area contributed by atoms with Gasteiger partial charge < -0.3 is 4.74 Å². The van der Waals surface area contributed by atoms with Gasteiger partial charge >= 0.3 is 5.97 Å². The summed E-state index contributed by atoms with van der Waals surface area (Å²) in [5.74, 6) is -1.82. The van der Waals surface area contributed by atoms with Crippen molar-refractivity contribution in [3.63, 3.8) is 0 Å². The van der Waals surface area contributed by atoms with E-state index in [1.165, 1.54) is 13.0 Å². The number of hydrogen-bond acceptors (Lipinski definition) is 2. The van der Waals surface area contributed by atoms with Crippen molar-refractivity contribution in [1.82, 2.24) is 0 Å². The molecule has 3 aromatic rings. The summed E-state index contributed by atoms with van der Waals surface area (Å²) >= 11 is 0. The van der Waals surface area contributed by atoms with Crippen molar-refractivity contribution < 1.29 is 18.3 Å². The molecule has 0 spiro atoms. The van der Waals surface area contributed by atoms with Crippen LogP contribution >= 0.6 is 0 Å². The van der Waals surface area contributed by atoms with Gasteiger partial charge in [0.25, 0.3) is 0 Å². The van der Waals surface area contributed by atoms with Gasteiger partial charge in [0.2, 0.25) is 0 Å². The van der Waals surface area contributed by atoms with Gasteiger partial charge in [-0.3, -0.25) is 4.79 Å². The predicted octanol–water partition coefficient (Wildman–Crippen LogP) is 5.35. The Morgan fingerprint density at radius 2 is 1.76 bits per heavy atom. The van der Waals surface area contributed by atoms with E-state index in [9.17, 15) is 13.6 Å². The van der Waals surface area contributed by atoms with Crippen LogP contribution in [0.25, 0.3) is 21.9 Å². The zero-order valence-electron chi connectivity index (χ0n) is 14.1. The maximum absolute atomic E-state index is 14.6. The Hall–Kier alpha value is -2.75. The summed E-state index contributed by atoms with van der Waals surface area (Å²) in [6, 6.07) is 11.7. The van der Waals surface area contributed by atoms with Gasteiger partial charge in [0.1, 0.15) is 17.4 Å². The number of esters is 1. The molecule has 0 saturated carbocycles. The lowest BCUT2D eigenvalue weighted by Crippen LogP contribution is -2.15. The van der Waals surface area contributed by atoms with Crippen molar-refractivity contribution in [1.29, 1.82) is 0 Å². The fourth-order valence-corrected chi connectivity index (χ4v) is 3.85. The second-order valence-corrected chi connectivity index (χ2v) is 6.87. The first kappa shape index (κ1) is 15.8. The van der Waals surface area contributed by atoms with E-state index in [0.717, 1.165) is 28.3 Å². The molecule has 0 saturated heterocycles. The highest BCUT2D eigenvalue weighted by atomic mass is 19.1. The lowest BCUT2D eigenvalue weighted by Gasteiger charge is -2.22. The molecule has 1 aliphatic rings. The van der Waals surface area contributed by atoms with Gasteiger partial charge in [-0.25, -0.2) is 8.78 Å². The molecular formula is C21H16F2O2. The Labute approximate surface area is 144 Å². The van der Waals surface area contributed by atoms with Crippen molar-refractivity contribution >= 4 is 16.7 Å². The number of fused-ring (bicyclic) bond motifs is 5. The third-order valence-corrected chi connectivity index (χ3v) is 4.91. The summed E-state index contributed by atoms with van der Waals surface area (Å²) in [6.07, 6.45) is 0. The molecule has 3 aromatic carbocycles. The van der Waals surface area contributed by atoms with E-state index in [-0.39, 0.29) is 16.6 Å². The third-order valence-electron chi connectivity index (χ3n) is 4.91. The van der Waals surface area contributed by atoms with Gasteiger partial charge in [0.15, 0.2) is 0 Å². The molecule has 0 heterocycles. The van der Waals surface area contributed by atoms with Gasteiger partial charge in [-0.2, -0.15) is 0 Å². The number of benzene rings is 3. The summed E-state index contributed by atoms with van der Waals surface area (Å²) in [6.45, 7) is 5.37. The Kier molecular flexibility index (Phi) is 3.23. The van der Waals surface area contributed by atoms with E-state index >= 15 is 0 Å². The molecule has 0 amide bonds. The molecule has 25 heavy (non-hydrogen) atoms. The van der Waals surface area contributed by atoms with Crippen LogP contribution in [0.5, 0.6) is 5.75 Å². The molecule has 0 aliphatic heterocycles. The molecule has 0 aromatic heterocycles. The molecule has 2 nitrogen and oxygen atoms in total. The maximum Gasteiger partial charge on any atom is 0.308 e. The topological polar surface area (TPSA) is 26.3 Å². The molecule has 0 radical (unpaired) electrons. The molecule has 4 rings (SSSR count). The Morgan fingerprint density at radius 1 is 1.04 bits per heavy atom. The van der Waals surface area contributed by atoms with Crippen LogP contribution < -0.4 is 4.74 Å². The van der Waals surface area contributed by atoms with Crippen LogP contribution in [0.3, 0.4) is 0 Å². The van der Waals surface area contributed by atoms with Crippen molar-refractivity contribution in [3.8, 4) is 16.9 Å². The molecular weight excluding hydrogens is 322 g/mol. The number of hydrogen-bond donors (Lipinski definition) is 0. The van der Waals surface area contributed by atoms with Crippen LogP contribution in [0.1, 0.15) is 31.9 Å². The second kappa shape index (κ2) is 5.12. The highest BCUT2D eigenvalue weighted by molar-refractivity contribution is 6.06. The van der Waals surface area contributed by atoms with E-state index in [2.05, 4.69) is 13.8 Å². The lowest BCUT2D eigenvalue weighted by molar-refractivity contribution is -0.131. The minimum Gasteiger partial charge on any atom is -0.426 e. The number of ether oxygens (including phenoxy) is 1. The lowest BCUT2D eigenvalue weighted by atomic mass is 9.82. The molecule has 0 N–H and O–H groups in total. The molecule has 1 aliphatic carbocycles. The monoisotopic (exact) mass is 338 g/mol. The van der Waals surface area contributed by atoms with Gasteiger partial charge in [-0.15, -0.1) is 0 Å². The number of carbonyl (C=O) groups is 1. The third kappa shape index (κ3) is 2.17. The summed E-state index contributed by atoms with van der Waals surface area (Å²) < 4.78 is 33.8. The van der Waals surface area contributed by atoms with Gasteiger partial charge in [-0.1, -0.05) is 38.1 Å². The Morgan fingerprint density at radius 3 is 2.48 bits per heavy atom. The highest BCUT2D eigenvalue weighted by Gasteiger charge is 2.37. The quantitative estimate of drug-likeness (QED) is 0.442. The van der Waals surface area contributed by atoms with Crippen molar-refractivity contribution in [2.45, 2.75) is 26.2 Å². The summed E-state index contributed by atoms with van der Waals surface area (Å²) in [5, 5.41) is 0.548. The van der Waals surface area contributed by atoms with Crippen molar-refractivity contribution in [2.75, 3.05) is 0 Å². The fraction of sp³-hybridized carbons (Fsp3) is 0.190. The predicted molar refractivity (Wildman–Crippen MR) is 92.7 cm³/mol. The van der Waals surface area contributed by atoms with E-state index < -0.39 is 17.6 Å². The summed E-state index contributed by atoms with van der Waals surface area (Å²) in [7, 11) is 0. The maximum atomic E-state index is 14.6. The minimum absolute atomic E-state index is 0.125. The average molecular weight is 338 g/mol. The zero-order chi connectivity index (χ0) is 17.9. The highest BCUT2D eigenvalue weighted by Crippen LogP contribution is 2.53. The largest absolute Gasteiger partial charge is 0.426 e. The van der Waals surface area contributed by atoms with Crippen LogP contribution in [-0.2, 0) is 10.2 Å². The Bertz CT molecular complexity index is 1050. The van der Waals surface area contributed by atoms with Gasteiger partial charge in [0.05, 0.1) is 5.39 Å². The Balaban J connectivity index is 2.20. The van der Waals surface area contributed by atoms with E-state index in [1.54, 1.807) is 6.07 Å². The first-order chi connectivity index (χ1) is 11.8. The molecule has 126 valence electrons. The standard InChI is InChI=1S/C21H16F2O2/c1-11(24)25-18-10-16-19(14-8-12(22)9-17(23)20(14)18)13-6-4-5-7-15(13)21(16,2)3/h4-10H,1-3H3. The van der Waals surface area contributed by atoms with Crippen molar-refractivity contribution in [3.05, 3.63) is 65.2 Å². The molecule has 4 heteroatoms. The van der Waals surface area contributed by atoms with Crippen LogP contribution in [0.4, 0.5) is 8.78 Å². The SMILES string of the molecule is CC(=O)Oc1cc2c(c3cc(F)cc(F)c13)-c1ccccc1C2(C)C. The normalized spacial score (nSPS) is 14.3. The number of rotatable bonds is 1. The zero-order valence-corrected chi connectivity index (χ0v) is 14.1. The molecule has 0 atom stereocenters. The minimum atomic E-state index is -0.740. The smallest absolute Gasteiger partial charge is 0.308 e. The van der Waals surface area contributed by atoms with E-state index in [1.807, 2.05) is 24.3 Å². The number of carbonyl (C=O) groups excluding carboxylic acids is 1. The second-order valence-electron chi connectivity index (χ2n) is 6.87. The van der Waals surface area contributed by atoms with Crippen molar-refractivity contribution in [2.24, 2.45) is 0 Å². The fourth-order valence-electron chi connectivity index (χ4n) is 3.85. The average Bonchev–Trinajstić information content (AvgIpc) is 2.75. The van der Waals surface area contributed by atoms with Crippen LogP contribution in [0.2, 0.25) is 0 Å². The molecule has 0 fully saturated rings. The summed E-state index contributed by atoms with van der Waals surface area (Å²) in [4.78, 5) is 11.5. The molecule has 0 unspecified atom stereocenters. The van der Waals surface area contributed by atoms with E-state index in [4.69, 9.17) is 4.74 Å². The first-order valence-electron chi connectivity index (χ1n) is 8.05. The van der Waals surface area contributed by atoms with Crippen LogP contribution in [-0.4, -0.2) is 5.97 Å². The number of halogens is 2.